The van der Waals surface area contributed by atoms with E-state index in [2.05, 4.69) is 231 Å². The van der Waals surface area contributed by atoms with Gasteiger partial charge in [-0.15, -0.1) is 0 Å². The molecular formula is C62H40N4. The number of nitrogens with zero attached hydrogens (tertiary/aromatic N) is 4. The summed E-state index contributed by atoms with van der Waals surface area (Å²) in [4.78, 5) is 20.4. The molecule has 0 spiro atoms. The maximum atomic E-state index is 5.26. The first-order valence-electron chi connectivity index (χ1n) is 22.3. The maximum absolute atomic E-state index is 5.26. The fraction of sp³-hybridized carbons (Fsp3) is 0. The minimum Gasteiger partial charge on any atom is -0.247 e. The average Bonchev–Trinajstić information content (AvgIpc) is 3.41. The predicted molar refractivity (Wildman–Crippen MR) is 274 cm³/mol. The summed E-state index contributed by atoms with van der Waals surface area (Å²) in [6, 6.07) is 85.3. The largest absolute Gasteiger partial charge is 0.247 e. The number of hydrogen-bond donors (Lipinski definition) is 0. The minimum absolute atomic E-state index is 0.622. The summed E-state index contributed by atoms with van der Waals surface area (Å²) < 4.78 is 0. The van der Waals surface area contributed by atoms with Gasteiger partial charge in [-0.05, 0) is 72.8 Å². The van der Waals surface area contributed by atoms with Crippen LogP contribution in [0.2, 0.25) is 0 Å². The summed E-state index contributed by atoms with van der Waals surface area (Å²) in [5.41, 5.74) is 15.0. The van der Waals surface area contributed by atoms with Gasteiger partial charge in [0.25, 0.3) is 0 Å². The highest BCUT2D eigenvalue weighted by Crippen LogP contribution is 2.38. The van der Waals surface area contributed by atoms with Gasteiger partial charge in [0.15, 0.2) is 17.5 Å². The van der Waals surface area contributed by atoms with E-state index in [4.69, 9.17) is 19.9 Å². The number of fused-ring (bicyclic) bond motifs is 5. The van der Waals surface area contributed by atoms with Gasteiger partial charge in [0.1, 0.15) is 0 Å². The summed E-state index contributed by atoms with van der Waals surface area (Å²) >= 11 is 0. The van der Waals surface area contributed by atoms with Gasteiger partial charge in [0.2, 0.25) is 0 Å². The number of hydrogen-bond acceptors (Lipinski definition) is 4. The molecule has 2 aromatic heterocycles. The van der Waals surface area contributed by atoms with Crippen LogP contribution in [0.25, 0.3) is 122 Å². The molecule has 0 saturated carbocycles. The summed E-state index contributed by atoms with van der Waals surface area (Å²) in [7, 11) is 0. The monoisotopic (exact) mass is 840 g/mol. The molecule has 4 nitrogen and oxygen atoms in total. The lowest BCUT2D eigenvalue weighted by Crippen LogP contribution is -2.00. The van der Waals surface area contributed by atoms with Crippen LogP contribution in [-0.2, 0) is 0 Å². The zero-order chi connectivity index (χ0) is 43.8. The molecule has 0 N–H and O–H groups in total. The molecule has 10 aromatic carbocycles. The fourth-order valence-corrected chi connectivity index (χ4v) is 9.09. The zero-order valence-electron chi connectivity index (χ0n) is 35.9. The average molecular weight is 841 g/mol. The van der Waals surface area contributed by atoms with Crippen LogP contribution in [0.5, 0.6) is 0 Å². The molecule has 0 amide bonds. The van der Waals surface area contributed by atoms with E-state index in [0.29, 0.717) is 17.5 Å². The van der Waals surface area contributed by atoms with Crippen LogP contribution < -0.4 is 0 Å². The molecule has 2 heterocycles. The maximum Gasteiger partial charge on any atom is 0.164 e. The van der Waals surface area contributed by atoms with Gasteiger partial charge in [-0.2, -0.15) is 0 Å². The second-order valence-electron chi connectivity index (χ2n) is 16.6. The van der Waals surface area contributed by atoms with E-state index >= 15 is 0 Å². The molecule has 66 heavy (non-hydrogen) atoms. The summed E-state index contributed by atoms with van der Waals surface area (Å²) in [6.07, 6.45) is 0. The van der Waals surface area contributed by atoms with E-state index < -0.39 is 0 Å². The van der Waals surface area contributed by atoms with Gasteiger partial charge in [0.05, 0.1) is 11.2 Å². The molecular weight excluding hydrogens is 801 g/mol. The van der Waals surface area contributed by atoms with Gasteiger partial charge < -0.3 is 0 Å². The molecule has 0 aliphatic carbocycles. The Morgan fingerprint density at radius 3 is 1.11 bits per heavy atom. The van der Waals surface area contributed by atoms with Crippen LogP contribution in [0, 0.1) is 0 Å². The van der Waals surface area contributed by atoms with Crippen molar-refractivity contribution >= 4 is 32.4 Å². The Labute approximate surface area is 383 Å². The SMILES string of the molecule is c1ccc(-c2ccc(-c3nc(-c4ccc(-c5ccccc5)cc4)nc(-c4ccc(-c5cccc(-c6ccc(-c7nc8ccccc8c8ccc9ccccc9c78)cc6)c5)cc4)n3)cc2)cc1. The molecule has 4 heteroatoms. The molecule has 0 saturated heterocycles. The van der Waals surface area contributed by atoms with E-state index in [9.17, 15) is 0 Å². The quantitative estimate of drug-likeness (QED) is 0.143. The van der Waals surface area contributed by atoms with Gasteiger partial charge in [-0.25, -0.2) is 19.9 Å². The highest BCUT2D eigenvalue weighted by molar-refractivity contribution is 6.21. The highest BCUT2D eigenvalue weighted by atomic mass is 15.0. The Morgan fingerprint density at radius 2 is 0.591 bits per heavy atom. The van der Waals surface area contributed by atoms with Gasteiger partial charge >= 0.3 is 0 Å². The van der Waals surface area contributed by atoms with Crippen LogP contribution in [0.4, 0.5) is 0 Å². The van der Waals surface area contributed by atoms with E-state index in [1.807, 2.05) is 12.1 Å². The molecule has 12 rings (SSSR count). The fourth-order valence-electron chi connectivity index (χ4n) is 9.09. The van der Waals surface area contributed by atoms with Crippen molar-refractivity contribution in [3.05, 3.63) is 243 Å². The third-order valence-electron chi connectivity index (χ3n) is 12.6. The van der Waals surface area contributed by atoms with Crippen molar-refractivity contribution in [2.24, 2.45) is 0 Å². The van der Waals surface area contributed by atoms with Crippen molar-refractivity contribution in [3.63, 3.8) is 0 Å². The van der Waals surface area contributed by atoms with Crippen LogP contribution >= 0.6 is 0 Å². The van der Waals surface area contributed by atoms with Crippen LogP contribution in [0.3, 0.4) is 0 Å². The van der Waals surface area contributed by atoms with Gasteiger partial charge in [-0.3, -0.25) is 0 Å². The molecule has 0 unspecified atom stereocenters. The first kappa shape index (κ1) is 38.8. The summed E-state index contributed by atoms with van der Waals surface area (Å²) in [5, 5.41) is 6.00. The van der Waals surface area contributed by atoms with Crippen LogP contribution in [-0.4, -0.2) is 19.9 Å². The molecule has 0 aliphatic heterocycles. The summed E-state index contributed by atoms with van der Waals surface area (Å²) in [6.45, 7) is 0. The van der Waals surface area contributed by atoms with Crippen LogP contribution in [0.15, 0.2) is 243 Å². The smallest absolute Gasteiger partial charge is 0.164 e. The first-order chi connectivity index (χ1) is 32.7. The van der Waals surface area contributed by atoms with Crippen LogP contribution in [0.1, 0.15) is 0 Å². The lowest BCUT2D eigenvalue weighted by atomic mass is 9.94. The Morgan fingerprint density at radius 1 is 0.212 bits per heavy atom. The van der Waals surface area contributed by atoms with Crippen molar-refractivity contribution in [3.8, 4) is 89.9 Å². The molecule has 0 atom stereocenters. The van der Waals surface area contributed by atoms with Crippen molar-refractivity contribution < 1.29 is 0 Å². The van der Waals surface area contributed by atoms with Gasteiger partial charge in [-0.1, -0.05) is 231 Å². The molecule has 308 valence electrons. The van der Waals surface area contributed by atoms with Crippen molar-refractivity contribution in [2.45, 2.75) is 0 Å². The van der Waals surface area contributed by atoms with E-state index in [-0.39, 0.29) is 0 Å². The molecule has 12 aromatic rings. The molecule has 0 aliphatic rings. The normalized spacial score (nSPS) is 11.3. The second-order valence-corrected chi connectivity index (χ2v) is 16.6. The third kappa shape index (κ3) is 7.36. The van der Waals surface area contributed by atoms with E-state index in [1.165, 1.54) is 38.1 Å². The Kier molecular flexibility index (Phi) is 9.81. The number of para-hydroxylation sites is 1. The minimum atomic E-state index is 0.622. The standard InChI is InChI=1S/C62H40N4/c1-3-12-41(13-4-1)43-24-32-49(33-25-43)60-64-61(50-34-26-44(27-35-50)42-14-5-2-6-15-42)66-62(65-60)51-36-28-46(29-37-51)53-18-11-17-52(40-53)45-22-30-48(31-23-45)59-58-54-19-8-7-16-47(54)38-39-56(58)55-20-9-10-21-57(55)63-59/h1-40H. The first-order valence-corrected chi connectivity index (χ1v) is 22.3. The zero-order valence-corrected chi connectivity index (χ0v) is 35.9. The van der Waals surface area contributed by atoms with Crippen molar-refractivity contribution in [1.29, 1.82) is 0 Å². The summed E-state index contributed by atoms with van der Waals surface area (Å²) in [5.74, 6) is 1.88. The predicted octanol–water partition coefficient (Wildman–Crippen LogP) is 16.1. The Bertz CT molecular complexity index is 3600. The molecule has 0 bridgehead atoms. The number of aromatic nitrogens is 4. The van der Waals surface area contributed by atoms with Gasteiger partial charge in [0, 0.05) is 33.0 Å². The number of pyridine rings is 1. The van der Waals surface area contributed by atoms with Crippen molar-refractivity contribution in [1.82, 2.24) is 19.9 Å². The molecule has 0 radical (unpaired) electrons. The lowest BCUT2D eigenvalue weighted by Gasteiger charge is -2.13. The van der Waals surface area contributed by atoms with E-state index in [1.54, 1.807) is 0 Å². The molecule has 0 fully saturated rings. The van der Waals surface area contributed by atoms with Crippen molar-refractivity contribution in [2.75, 3.05) is 0 Å². The number of rotatable bonds is 8. The second kappa shape index (κ2) is 16.7. The Balaban J connectivity index is 0.863. The number of benzene rings is 10. The topological polar surface area (TPSA) is 51.6 Å². The highest BCUT2D eigenvalue weighted by Gasteiger charge is 2.16. The lowest BCUT2D eigenvalue weighted by molar-refractivity contribution is 1.07. The van der Waals surface area contributed by atoms with E-state index in [0.717, 1.165) is 66.8 Å². The third-order valence-corrected chi connectivity index (χ3v) is 12.6. The Hall–Kier alpha value is -8.86.